The molecule has 0 unspecified atom stereocenters. The van der Waals surface area contributed by atoms with Gasteiger partial charge in [-0.15, -0.1) is 0 Å². The minimum absolute atomic E-state index is 0.137. The third-order valence-corrected chi connectivity index (χ3v) is 2.28. The second-order valence-electron chi connectivity index (χ2n) is 3.43. The van der Waals surface area contributed by atoms with E-state index in [1.54, 1.807) is 6.92 Å². The first-order valence-corrected chi connectivity index (χ1v) is 4.35. The molecule has 0 atom stereocenters. The molecule has 66 valence electrons. The third-order valence-electron chi connectivity index (χ3n) is 2.28. The van der Waals surface area contributed by atoms with Crippen LogP contribution in [0.4, 0.5) is 5.69 Å². The number of Topliss-reactive ketones (excluding diaryl/α,β-unsaturated/α-hetero) is 1. The monoisotopic (exact) mass is 173 g/mol. The minimum Gasteiger partial charge on any atom is -0.292 e. The van der Waals surface area contributed by atoms with Crippen LogP contribution in [0.2, 0.25) is 0 Å². The van der Waals surface area contributed by atoms with Crippen LogP contribution in [0, 0.1) is 6.92 Å². The number of hydrogen-bond acceptors (Lipinski definition) is 2. The summed E-state index contributed by atoms with van der Waals surface area (Å²) in [6, 6.07) is 6.02. The topological polar surface area (TPSA) is 29.4 Å². The van der Waals surface area contributed by atoms with Gasteiger partial charge < -0.3 is 0 Å². The third kappa shape index (κ3) is 1.39. The molecular formula is C11H11NO. The maximum absolute atomic E-state index is 11.3. The molecule has 0 N–H and O–H groups in total. The molecule has 0 amide bonds. The van der Waals surface area contributed by atoms with Crippen molar-refractivity contribution in [2.75, 3.05) is 0 Å². The van der Waals surface area contributed by atoms with Crippen LogP contribution in [-0.4, -0.2) is 11.5 Å². The molecule has 1 heterocycles. The highest BCUT2D eigenvalue weighted by molar-refractivity contribution is 6.40. The molecule has 0 radical (unpaired) electrons. The second kappa shape index (κ2) is 2.80. The van der Waals surface area contributed by atoms with Crippen LogP contribution in [-0.2, 0) is 11.2 Å². The van der Waals surface area contributed by atoms with Gasteiger partial charge in [-0.3, -0.25) is 4.79 Å². The summed E-state index contributed by atoms with van der Waals surface area (Å²) in [6.07, 6.45) is 0.506. The Balaban J connectivity index is 2.56. The van der Waals surface area contributed by atoms with E-state index in [1.165, 1.54) is 5.56 Å². The van der Waals surface area contributed by atoms with Crippen LogP contribution in [0.1, 0.15) is 18.1 Å². The lowest BCUT2D eigenvalue weighted by atomic mass is 9.99. The van der Waals surface area contributed by atoms with Crippen molar-refractivity contribution in [2.24, 2.45) is 4.99 Å². The zero-order valence-corrected chi connectivity index (χ0v) is 7.79. The van der Waals surface area contributed by atoms with Gasteiger partial charge in [0.2, 0.25) is 0 Å². The zero-order chi connectivity index (χ0) is 9.42. The smallest absolute Gasteiger partial charge is 0.181 e. The van der Waals surface area contributed by atoms with E-state index >= 15 is 0 Å². The van der Waals surface area contributed by atoms with E-state index in [1.807, 2.05) is 25.1 Å². The Bertz CT molecular complexity index is 405. The minimum atomic E-state index is 0.137. The molecule has 0 bridgehead atoms. The molecule has 2 nitrogen and oxygen atoms in total. The maximum atomic E-state index is 11.3. The Morgan fingerprint density at radius 2 is 2.08 bits per heavy atom. The van der Waals surface area contributed by atoms with Crippen LogP contribution < -0.4 is 0 Å². The molecule has 0 fully saturated rings. The summed E-state index contributed by atoms with van der Waals surface area (Å²) in [5.74, 6) is 0.137. The van der Waals surface area contributed by atoms with Gasteiger partial charge in [-0.1, -0.05) is 17.7 Å². The van der Waals surface area contributed by atoms with E-state index in [9.17, 15) is 4.79 Å². The fourth-order valence-electron chi connectivity index (χ4n) is 1.51. The molecule has 1 aromatic rings. The first-order valence-electron chi connectivity index (χ1n) is 4.35. The number of nitrogens with zero attached hydrogens (tertiary/aromatic N) is 1. The summed E-state index contributed by atoms with van der Waals surface area (Å²) < 4.78 is 0. The van der Waals surface area contributed by atoms with Gasteiger partial charge >= 0.3 is 0 Å². The summed E-state index contributed by atoms with van der Waals surface area (Å²) >= 11 is 0. The fourth-order valence-corrected chi connectivity index (χ4v) is 1.51. The number of aryl methyl sites for hydroxylation is 1. The van der Waals surface area contributed by atoms with Gasteiger partial charge in [-0.25, -0.2) is 4.99 Å². The van der Waals surface area contributed by atoms with E-state index in [4.69, 9.17) is 0 Å². The predicted octanol–water partition coefficient (Wildman–Crippen LogP) is 2.21. The average molecular weight is 173 g/mol. The zero-order valence-electron chi connectivity index (χ0n) is 7.79. The van der Waals surface area contributed by atoms with Crippen molar-refractivity contribution in [1.82, 2.24) is 0 Å². The van der Waals surface area contributed by atoms with Gasteiger partial charge in [0.05, 0.1) is 11.4 Å². The van der Waals surface area contributed by atoms with Gasteiger partial charge in [0, 0.05) is 6.42 Å². The van der Waals surface area contributed by atoms with Gasteiger partial charge in [0.25, 0.3) is 0 Å². The Hall–Kier alpha value is -1.44. The molecule has 2 rings (SSSR count). The van der Waals surface area contributed by atoms with E-state index in [-0.39, 0.29) is 5.78 Å². The van der Waals surface area contributed by atoms with Crippen LogP contribution in [0.25, 0.3) is 0 Å². The van der Waals surface area contributed by atoms with Crippen LogP contribution >= 0.6 is 0 Å². The van der Waals surface area contributed by atoms with Gasteiger partial charge in [-0.2, -0.15) is 0 Å². The molecule has 0 aliphatic carbocycles. The molecule has 0 spiro atoms. The SMILES string of the molecule is CC1=Nc2ccc(C)cc2CC1=O. The van der Waals surface area contributed by atoms with Gasteiger partial charge in [-0.05, 0) is 25.5 Å². The number of ketones is 1. The van der Waals surface area contributed by atoms with E-state index in [2.05, 4.69) is 4.99 Å². The highest BCUT2D eigenvalue weighted by atomic mass is 16.1. The summed E-state index contributed by atoms with van der Waals surface area (Å²) in [5.41, 5.74) is 3.80. The maximum Gasteiger partial charge on any atom is 0.181 e. The highest BCUT2D eigenvalue weighted by Crippen LogP contribution is 2.25. The predicted molar refractivity (Wildman–Crippen MR) is 52.7 cm³/mol. The largest absolute Gasteiger partial charge is 0.292 e. The van der Waals surface area contributed by atoms with Gasteiger partial charge in [0.1, 0.15) is 0 Å². The summed E-state index contributed by atoms with van der Waals surface area (Å²) in [4.78, 5) is 15.6. The Kier molecular flexibility index (Phi) is 1.76. The summed E-state index contributed by atoms with van der Waals surface area (Å²) in [6.45, 7) is 3.79. The number of benzene rings is 1. The van der Waals surface area contributed by atoms with Crippen LogP contribution in [0.3, 0.4) is 0 Å². The summed E-state index contributed by atoms with van der Waals surface area (Å²) in [7, 11) is 0. The normalized spacial score (nSPS) is 15.2. The first kappa shape index (κ1) is 8.17. The van der Waals surface area contributed by atoms with Crippen molar-refractivity contribution in [1.29, 1.82) is 0 Å². The first-order chi connectivity index (χ1) is 6.16. The van der Waals surface area contributed by atoms with Crippen molar-refractivity contribution in [3.63, 3.8) is 0 Å². The molecule has 13 heavy (non-hydrogen) atoms. The fraction of sp³-hybridized carbons (Fsp3) is 0.273. The molecule has 1 aromatic carbocycles. The van der Waals surface area contributed by atoms with Crippen molar-refractivity contribution >= 4 is 17.2 Å². The Morgan fingerprint density at radius 3 is 2.85 bits per heavy atom. The van der Waals surface area contributed by atoms with Crippen LogP contribution in [0.15, 0.2) is 23.2 Å². The number of carbonyl (C=O) groups is 1. The van der Waals surface area contributed by atoms with E-state index in [0.717, 1.165) is 11.3 Å². The Labute approximate surface area is 77.3 Å². The lowest BCUT2D eigenvalue weighted by Crippen LogP contribution is -2.16. The lowest BCUT2D eigenvalue weighted by Gasteiger charge is -2.12. The molecule has 0 aromatic heterocycles. The molecule has 1 aliphatic rings. The van der Waals surface area contributed by atoms with Crippen molar-refractivity contribution in [3.8, 4) is 0 Å². The van der Waals surface area contributed by atoms with Crippen molar-refractivity contribution < 1.29 is 4.79 Å². The quantitative estimate of drug-likeness (QED) is 0.591. The molecule has 1 aliphatic heterocycles. The molecule has 0 saturated heterocycles. The number of aliphatic imine (C=N–C) groups is 1. The molecular weight excluding hydrogens is 162 g/mol. The number of fused-ring (bicyclic) bond motifs is 1. The number of hydrogen-bond donors (Lipinski definition) is 0. The molecule has 0 saturated carbocycles. The average Bonchev–Trinajstić information content (AvgIpc) is 2.08. The van der Waals surface area contributed by atoms with E-state index in [0.29, 0.717) is 12.1 Å². The van der Waals surface area contributed by atoms with Gasteiger partial charge in [0.15, 0.2) is 5.78 Å². The highest BCUT2D eigenvalue weighted by Gasteiger charge is 2.16. The van der Waals surface area contributed by atoms with E-state index < -0.39 is 0 Å². The Morgan fingerprint density at radius 1 is 1.31 bits per heavy atom. The van der Waals surface area contributed by atoms with Crippen LogP contribution in [0.5, 0.6) is 0 Å². The number of rotatable bonds is 0. The molecule has 2 heteroatoms. The summed E-state index contributed by atoms with van der Waals surface area (Å²) in [5, 5.41) is 0. The number of carbonyl (C=O) groups excluding carboxylic acids is 1. The standard InChI is InChI=1S/C11H11NO/c1-7-3-4-10-9(5-7)6-11(13)8(2)12-10/h3-5H,6H2,1-2H3. The lowest BCUT2D eigenvalue weighted by molar-refractivity contribution is -0.112. The van der Waals surface area contributed by atoms with Crippen molar-refractivity contribution in [3.05, 3.63) is 29.3 Å². The second-order valence-corrected chi connectivity index (χ2v) is 3.43. The van der Waals surface area contributed by atoms with Crippen molar-refractivity contribution in [2.45, 2.75) is 20.3 Å².